The number of hydrogen-bond acceptors (Lipinski definition) is 3. The van der Waals surface area contributed by atoms with Gasteiger partial charge < -0.3 is 10.2 Å². The normalized spacial score (nSPS) is 10.4. The molecule has 0 fully saturated rings. The minimum Gasteiger partial charge on any atom is -0.449 e. The molecule has 3 nitrogen and oxygen atoms in total. The lowest BCUT2D eigenvalue weighted by Gasteiger charge is -2.04. The molecule has 2 aromatic rings. The first-order valence-corrected chi connectivity index (χ1v) is 4.55. The van der Waals surface area contributed by atoms with E-state index in [4.69, 9.17) is 10.2 Å². The van der Waals surface area contributed by atoms with Gasteiger partial charge in [0.2, 0.25) is 0 Å². The fourth-order valence-electron chi connectivity index (χ4n) is 1.43. The quantitative estimate of drug-likeness (QED) is 0.798. The highest BCUT2D eigenvalue weighted by Crippen LogP contribution is 2.12. The second kappa shape index (κ2) is 4.07. The van der Waals surface area contributed by atoms with E-state index in [9.17, 15) is 0 Å². The lowest BCUT2D eigenvalue weighted by Crippen LogP contribution is -2.01. The Labute approximate surface area is 82.6 Å². The molecule has 2 rings (SSSR count). The summed E-state index contributed by atoms with van der Waals surface area (Å²) in [5.41, 5.74) is 7.95. The van der Waals surface area contributed by atoms with Gasteiger partial charge in [-0.15, -0.1) is 0 Å². The Morgan fingerprint density at radius 2 is 2.00 bits per heavy atom. The maximum Gasteiger partial charge on any atom is 0.198 e. The van der Waals surface area contributed by atoms with Gasteiger partial charge >= 0.3 is 0 Å². The molecule has 0 aliphatic carbocycles. The van der Waals surface area contributed by atoms with E-state index in [0.717, 1.165) is 11.5 Å². The minimum absolute atomic E-state index is 0.552. The Morgan fingerprint density at radius 1 is 1.21 bits per heavy atom. The zero-order valence-electron chi connectivity index (χ0n) is 7.81. The number of hydrogen-bond donors (Lipinski definition) is 1. The van der Waals surface area contributed by atoms with Crippen LogP contribution in [0.3, 0.4) is 0 Å². The molecule has 1 heterocycles. The summed E-state index contributed by atoms with van der Waals surface area (Å²) in [6.45, 7) is 0.552. The van der Waals surface area contributed by atoms with Gasteiger partial charge in [0.25, 0.3) is 0 Å². The van der Waals surface area contributed by atoms with Gasteiger partial charge in [-0.3, -0.25) is 0 Å². The van der Waals surface area contributed by atoms with E-state index in [1.54, 1.807) is 12.5 Å². The molecular formula is C11H12N2O. The Bertz CT molecular complexity index is 395. The van der Waals surface area contributed by atoms with Gasteiger partial charge in [0.05, 0.1) is 6.20 Å². The van der Waals surface area contributed by atoms with Crippen molar-refractivity contribution in [1.82, 2.24) is 4.98 Å². The van der Waals surface area contributed by atoms with Crippen molar-refractivity contribution in [2.24, 2.45) is 5.73 Å². The third-order valence-electron chi connectivity index (χ3n) is 2.16. The number of oxazole rings is 1. The standard InChI is InChI=1S/C11H12N2O/c12-8-10-4-2-1-3-9(10)7-11-13-5-6-14-11/h1-6H,7-8,12H2. The van der Waals surface area contributed by atoms with Gasteiger partial charge in [-0.25, -0.2) is 4.98 Å². The van der Waals surface area contributed by atoms with Crippen molar-refractivity contribution in [2.75, 3.05) is 0 Å². The maximum atomic E-state index is 5.63. The van der Waals surface area contributed by atoms with Crippen molar-refractivity contribution in [3.63, 3.8) is 0 Å². The summed E-state index contributed by atoms with van der Waals surface area (Å²) in [5.74, 6) is 0.728. The first-order valence-electron chi connectivity index (χ1n) is 4.55. The van der Waals surface area contributed by atoms with Crippen LogP contribution in [0.5, 0.6) is 0 Å². The molecule has 1 aromatic heterocycles. The molecule has 2 N–H and O–H groups in total. The molecule has 14 heavy (non-hydrogen) atoms. The topological polar surface area (TPSA) is 52.0 Å². The second-order valence-corrected chi connectivity index (χ2v) is 3.08. The molecule has 0 bridgehead atoms. The molecule has 0 aliphatic heterocycles. The van der Waals surface area contributed by atoms with Crippen LogP contribution in [0.4, 0.5) is 0 Å². The Hall–Kier alpha value is -1.61. The smallest absolute Gasteiger partial charge is 0.198 e. The molecule has 0 unspecified atom stereocenters. The van der Waals surface area contributed by atoms with Crippen LogP contribution in [0, 0.1) is 0 Å². The number of rotatable bonds is 3. The molecule has 0 radical (unpaired) electrons. The molecule has 0 amide bonds. The third-order valence-corrected chi connectivity index (χ3v) is 2.16. The summed E-state index contributed by atoms with van der Waals surface area (Å²) in [5, 5.41) is 0. The number of nitrogens with zero attached hydrogens (tertiary/aromatic N) is 1. The van der Waals surface area contributed by atoms with Crippen LogP contribution in [-0.4, -0.2) is 4.98 Å². The van der Waals surface area contributed by atoms with Crippen molar-refractivity contribution < 1.29 is 4.42 Å². The minimum atomic E-state index is 0.552. The number of aromatic nitrogens is 1. The highest BCUT2D eigenvalue weighted by molar-refractivity contribution is 5.28. The van der Waals surface area contributed by atoms with Gasteiger partial charge in [-0.1, -0.05) is 24.3 Å². The summed E-state index contributed by atoms with van der Waals surface area (Å²) >= 11 is 0. The molecule has 72 valence electrons. The van der Waals surface area contributed by atoms with E-state index in [-0.39, 0.29) is 0 Å². The summed E-state index contributed by atoms with van der Waals surface area (Å²) in [6.07, 6.45) is 3.95. The largest absolute Gasteiger partial charge is 0.449 e. The highest BCUT2D eigenvalue weighted by Gasteiger charge is 2.03. The molecule has 0 saturated heterocycles. The molecular weight excluding hydrogens is 176 g/mol. The number of benzene rings is 1. The van der Waals surface area contributed by atoms with Crippen LogP contribution in [0.15, 0.2) is 41.1 Å². The van der Waals surface area contributed by atoms with Crippen LogP contribution in [0.2, 0.25) is 0 Å². The zero-order chi connectivity index (χ0) is 9.80. The van der Waals surface area contributed by atoms with E-state index in [1.807, 2.05) is 24.3 Å². The zero-order valence-corrected chi connectivity index (χ0v) is 7.81. The monoisotopic (exact) mass is 188 g/mol. The predicted octanol–water partition coefficient (Wildman–Crippen LogP) is 1.72. The van der Waals surface area contributed by atoms with Gasteiger partial charge in [-0.2, -0.15) is 0 Å². The Balaban J connectivity index is 2.24. The Kier molecular flexibility index (Phi) is 2.60. The van der Waals surface area contributed by atoms with Gasteiger partial charge in [0.15, 0.2) is 5.89 Å². The van der Waals surface area contributed by atoms with Crippen LogP contribution >= 0.6 is 0 Å². The van der Waals surface area contributed by atoms with Crippen molar-refractivity contribution >= 4 is 0 Å². The van der Waals surface area contributed by atoms with Gasteiger partial charge in [-0.05, 0) is 11.1 Å². The molecule has 0 atom stereocenters. The van der Waals surface area contributed by atoms with Gasteiger partial charge in [0, 0.05) is 13.0 Å². The first kappa shape index (κ1) is 8.97. The second-order valence-electron chi connectivity index (χ2n) is 3.08. The average molecular weight is 188 g/mol. The van der Waals surface area contributed by atoms with Crippen LogP contribution in [0.25, 0.3) is 0 Å². The summed E-state index contributed by atoms with van der Waals surface area (Å²) in [4.78, 5) is 4.08. The van der Waals surface area contributed by atoms with Crippen LogP contribution in [0.1, 0.15) is 17.0 Å². The maximum absolute atomic E-state index is 5.63. The van der Waals surface area contributed by atoms with E-state index < -0.39 is 0 Å². The fourth-order valence-corrected chi connectivity index (χ4v) is 1.43. The lowest BCUT2D eigenvalue weighted by atomic mass is 10.0. The van der Waals surface area contributed by atoms with E-state index >= 15 is 0 Å². The van der Waals surface area contributed by atoms with Crippen LogP contribution < -0.4 is 5.73 Å². The first-order chi connectivity index (χ1) is 6.90. The fraction of sp³-hybridized carbons (Fsp3) is 0.182. The molecule has 1 aromatic carbocycles. The molecule has 0 spiro atoms. The van der Waals surface area contributed by atoms with E-state index in [1.165, 1.54) is 5.56 Å². The summed E-state index contributed by atoms with van der Waals surface area (Å²) < 4.78 is 5.18. The average Bonchev–Trinajstić information content (AvgIpc) is 2.71. The number of nitrogens with two attached hydrogens (primary N) is 1. The van der Waals surface area contributed by atoms with E-state index in [2.05, 4.69) is 4.98 Å². The summed E-state index contributed by atoms with van der Waals surface area (Å²) in [7, 11) is 0. The van der Waals surface area contributed by atoms with Crippen molar-refractivity contribution in [3.05, 3.63) is 53.7 Å². The van der Waals surface area contributed by atoms with Crippen molar-refractivity contribution in [2.45, 2.75) is 13.0 Å². The summed E-state index contributed by atoms with van der Waals surface area (Å²) in [6, 6.07) is 8.06. The Morgan fingerprint density at radius 3 is 2.64 bits per heavy atom. The van der Waals surface area contributed by atoms with Gasteiger partial charge in [0.1, 0.15) is 6.26 Å². The molecule has 3 heteroatoms. The van der Waals surface area contributed by atoms with E-state index in [0.29, 0.717) is 13.0 Å². The van der Waals surface area contributed by atoms with Crippen molar-refractivity contribution in [3.8, 4) is 0 Å². The molecule has 0 aliphatic rings. The predicted molar refractivity (Wildman–Crippen MR) is 53.6 cm³/mol. The van der Waals surface area contributed by atoms with Crippen LogP contribution in [-0.2, 0) is 13.0 Å². The lowest BCUT2D eigenvalue weighted by molar-refractivity contribution is 0.506. The SMILES string of the molecule is NCc1ccccc1Cc1ncco1. The van der Waals surface area contributed by atoms with Crippen molar-refractivity contribution in [1.29, 1.82) is 0 Å². The molecule has 0 saturated carbocycles. The highest BCUT2D eigenvalue weighted by atomic mass is 16.3. The third kappa shape index (κ3) is 1.83.